The SMILES string of the molecule is O=C(Nc1ccc2c(c1)OCO2)[C@@H]1C[C@H](S)CN1S(=O)(=O)c1ccc2ccccc2c1. The number of sulfonamides is 1. The van der Waals surface area contributed by atoms with Gasteiger partial charge in [-0.2, -0.15) is 16.9 Å². The van der Waals surface area contributed by atoms with Crippen LogP contribution in [0.1, 0.15) is 6.42 Å². The quantitative estimate of drug-likeness (QED) is 0.589. The Hall–Kier alpha value is -2.75. The van der Waals surface area contributed by atoms with Crippen molar-refractivity contribution in [1.29, 1.82) is 0 Å². The number of ether oxygens (including phenoxy) is 2. The maximum Gasteiger partial charge on any atom is 0.243 e. The molecule has 5 rings (SSSR count). The molecule has 3 aromatic carbocycles. The maximum absolute atomic E-state index is 13.4. The predicted octanol–water partition coefficient (Wildman–Crippen LogP) is 3.27. The molecule has 2 aliphatic heterocycles. The first-order valence-electron chi connectivity index (χ1n) is 9.81. The normalized spacial score (nSPS) is 20.8. The second-order valence-corrected chi connectivity index (χ2v) is 10.2. The van der Waals surface area contributed by atoms with Gasteiger partial charge in [0.1, 0.15) is 6.04 Å². The molecular weight excluding hydrogens is 436 g/mol. The van der Waals surface area contributed by atoms with E-state index in [0.717, 1.165) is 10.8 Å². The Bertz CT molecular complexity index is 1280. The van der Waals surface area contributed by atoms with E-state index in [1.54, 1.807) is 36.4 Å². The summed E-state index contributed by atoms with van der Waals surface area (Å²) in [7, 11) is -3.88. The number of carbonyl (C=O) groups excluding carboxylic acids is 1. The van der Waals surface area contributed by atoms with Crippen LogP contribution in [0.15, 0.2) is 65.6 Å². The molecule has 1 fully saturated rings. The summed E-state index contributed by atoms with van der Waals surface area (Å²) < 4.78 is 38.7. The molecule has 2 heterocycles. The largest absolute Gasteiger partial charge is 0.454 e. The molecule has 31 heavy (non-hydrogen) atoms. The summed E-state index contributed by atoms with van der Waals surface area (Å²) >= 11 is 4.47. The standard InChI is InChI=1S/C22H20N2O5S2/c25-22(23-16-6-8-20-21(10-16)29-13-28-20)19-11-17(30)12-24(19)31(26,27)18-7-5-14-3-1-2-4-15(14)9-18/h1-10,17,19,30H,11-13H2,(H,23,25)/t17-,19-/m0/s1. The molecule has 0 bridgehead atoms. The Morgan fingerprint density at radius 1 is 1.00 bits per heavy atom. The second kappa shape index (κ2) is 7.74. The average molecular weight is 457 g/mol. The monoisotopic (exact) mass is 456 g/mol. The minimum Gasteiger partial charge on any atom is -0.454 e. The van der Waals surface area contributed by atoms with Crippen LogP contribution in [-0.2, 0) is 14.8 Å². The van der Waals surface area contributed by atoms with Crippen molar-refractivity contribution in [1.82, 2.24) is 4.31 Å². The lowest BCUT2D eigenvalue weighted by molar-refractivity contribution is -0.119. The van der Waals surface area contributed by atoms with Gasteiger partial charge in [-0.1, -0.05) is 30.3 Å². The molecule has 3 aromatic rings. The van der Waals surface area contributed by atoms with Gasteiger partial charge in [0, 0.05) is 23.5 Å². The van der Waals surface area contributed by atoms with E-state index in [1.807, 2.05) is 24.3 Å². The first-order chi connectivity index (χ1) is 14.9. The van der Waals surface area contributed by atoms with Crippen molar-refractivity contribution in [3.8, 4) is 11.5 Å². The van der Waals surface area contributed by atoms with Gasteiger partial charge in [-0.05, 0) is 41.5 Å². The second-order valence-electron chi connectivity index (χ2n) is 7.55. The highest BCUT2D eigenvalue weighted by Gasteiger charge is 2.43. The molecule has 2 atom stereocenters. The molecule has 0 aliphatic carbocycles. The van der Waals surface area contributed by atoms with Crippen molar-refractivity contribution < 1.29 is 22.7 Å². The summed E-state index contributed by atoms with van der Waals surface area (Å²) in [4.78, 5) is 13.2. The van der Waals surface area contributed by atoms with Crippen LogP contribution in [-0.4, -0.2) is 43.3 Å². The highest BCUT2D eigenvalue weighted by Crippen LogP contribution is 2.35. The fourth-order valence-corrected chi connectivity index (χ4v) is 6.12. The molecule has 1 saturated heterocycles. The van der Waals surface area contributed by atoms with Crippen LogP contribution in [0.5, 0.6) is 11.5 Å². The predicted molar refractivity (Wildman–Crippen MR) is 120 cm³/mol. The summed E-state index contributed by atoms with van der Waals surface area (Å²) in [6.45, 7) is 0.298. The number of thiol groups is 1. The average Bonchev–Trinajstić information content (AvgIpc) is 3.39. The fourth-order valence-electron chi connectivity index (χ4n) is 3.95. The van der Waals surface area contributed by atoms with Crippen LogP contribution in [0.2, 0.25) is 0 Å². The van der Waals surface area contributed by atoms with E-state index in [9.17, 15) is 13.2 Å². The van der Waals surface area contributed by atoms with Crippen LogP contribution < -0.4 is 14.8 Å². The van der Waals surface area contributed by atoms with E-state index in [0.29, 0.717) is 23.6 Å². The van der Waals surface area contributed by atoms with Crippen molar-refractivity contribution in [2.24, 2.45) is 0 Å². The lowest BCUT2D eigenvalue weighted by atomic mass is 10.1. The van der Waals surface area contributed by atoms with Crippen LogP contribution in [0.4, 0.5) is 5.69 Å². The molecule has 9 heteroatoms. The summed E-state index contributed by atoms with van der Waals surface area (Å²) in [6, 6.07) is 16.8. The topological polar surface area (TPSA) is 84.9 Å². The Labute approximate surface area is 185 Å². The van der Waals surface area contributed by atoms with Gasteiger partial charge in [-0.3, -0.25) is 4.79 Å². The molecule has 1 amide bonds. The van der Waals surface area contributed by atoms with Crippen LogP contribution in [0.25, 0.3) is 10.8 Å². The number of anilines is 1. The smallest absolute Gasteiger partial charge is 0.243 e. The first kappa shape index (κ1) is 20.2. The van der Waals surface area contributed by atoms with Gasteiger partial charge < -0.3 is 14.8 Å². The van der Waals surface area contributed by atoms with Crippen LogP contribution in [0, 0.1) is 0 Å². The van der Waals surface area contributed by atoms with Crippen molar-refractivity contribution in [3.05, 3.63) is 60.7 Å². The van der Waals surface area contributed by atoms with Gasteiger partial charge >= 0.3 is 0 Å². The lowest BCUT2D eigenvalue weighted by Crippen LogP contribution is -2.43. The lowest BCUT2D eigenvalue weighted by Gasteiger charge is -2.23. The Morgan fingerprint density at radius 3 is 2.61 bits per heavy atom. The minimum atomic E-state index is -3.88. The van der Waals surface area contributed by atoms with Crippen LogP contribution >= 0.6 is 12.6 Å². The molecule has 0 unspecified atom stereocenters. The van der Waals surface area contributed by atoms with Gasteiger partial charge in [-0.25, -0.2) is 8.42 Å². The zero-order valence-corrected chi connectivity index (χ0v) is 18.1. The van der Waals surface area contributed by atoms with E-state index in [4.69, 9.17) is 9.47 Å². The van der Waals surface area contributed by atoms with E-state index < -0.39 is 22.0 Å². The highest BCUT2D eigenvalue weighted by molar-refractivity contribution is 7.89. The summed E-state index contributed by atoms with van der Waals surface area (Å²) in [5.41, 5.74) is 0.514. The first-order valence-corrected chi connectivity index (χ1v) is 11.8. The number of amides is 1. The molecule has 0 aromatic heterocycles. The molecular formula is C22H20N2O5S2. The van der Waals surface area contributed by atoms with E-state index >= 15 is 0 Å². The maximum atomic E-state index is 13.4. The number of carbonyl (C=O) groups is 1. The van der Waals surface area contributed by atoms with Crippen molar-refractivity contribution in [2.75, 3.05) is 18.7 Å². The Kier molecular flexibility index (Phi) is 5.04. The summed E-state index contributed by atoms with van der Waals surface area (Å²) in [6.07, 6.45) is 0.326. The van der Waals surface area contributed by atoms with Gasteiger partial charge in [0.2, 0.25) is 22.7 Å². The molecule has 2 aliphatic rings. The number of hydrogen-bond acceptors (Lipinski definition) is 6. The molecule has 1 N–H and O–H groups in total. The van der Waals surface area contributed by atoms with Gasteiger partial charge in [0.15, 0.2) is 11.5 Å². The molecule has 7 nitrogen and oxygen atoms in total. The molecule has 0 saturated carbocycles. The van der Waals surface area contributed by atoms with Crippen molar-refractivity contribution in [2.45, 2.75) is 22.6 Å². The zero-order valence-electron chi connectivity index (χ0n) is 16.4. The molecule has 160 valence electrons. The van der Waals surface area contributed by atoms with Crippen molar-refractivity contribution in [3.63, 3.8) is 0 Å². The number of hydrogen-bond donors (Lipinski definition) is 2. The third-order valence-corrected chi connectivity index (χ3v) is 7.75. The zero-order chi connectivity index (χ0) is 21.6. The third-order valence-electron chi connectivity index (χ3n) is 5.50. The number of nitrogens with zero attached hydrogens (tertiary/aromatic N) is 1. The van der Waals surface area contributed by atoms with E-state index in [1.165, 1.54) is 4.31 Å². The van der Waals surface area contributed by atoms with Crippen molar-refractivity contribution >= 4 is 45.0 Å². The number of rotatable bonds is 4. The Morgan fingerprint density at radius 2 is 1.77 bits per heavy atom. The molecule has 0 radical (unpaired) electrons. The third kappa shape index (κ3) is 3.73. The number of fused-ring (bicyclic) bond motifs is 2. The summed E-state index contributed by atoms with van der Waals surface area (Å²) in [5, 5.41) is 4.35. The fraction of sp³-hybridized carbons (Fsp3) is 0.227. The van der Waals surface area contributed by atoms with Gasteiger partial charge in [0.05, 0.1) is 4.90 Å². The number of nitrogens with one attached hydrogen (secondary N) is 1. The molecule has 0 spiro atoms. The van der Waals surface area contributed by atoms with E-state index in [2.05, 4.69) is 17.9 Å². The van der Waals surface area contributed by atoms with E-state index in [-0.39, 0.29) is 23.5 Å². The minimum absolute atomic E-state index is 0.133. The summed E-state index contributed by atoms with van der Waals surface area (Å²) in [5.74, 6) is 0.742. The highest BCUT2D eigenvalue weighted by atomic mass is 32.2. The van der Waals surface area contributed by atoms with Gasteiger partial charge in [-0.15, -0.1) is 0 Å². The number of benzene rings is 3. The van der Waals surface area contributed by atoms with Crippen LogP contribution in [0.3, 0.4) is 0 Å². The Balaban J connectivity index is 1.42. The van der Waals surface area contributed by atoms with Gasteiger partial charge in [0.25, 0.3) is 0 Å².